The Morgan fingerprint density at radius 3 is 0.892 bits per heavy atom. The molecule has 2 aliphatic heterocycles. The minimum atomic E-state index is -1.14. The lowest BCUT2D eigenvalue weighted by atomic mass is 10.1. The second-order valence-electron chi connectivity index (χ2n) is 20.2. The minimum Gasteiger partial charge on any atom is -0.469 e. The number of alkyl carbamates (subject to hydrolysis) is 2. The van der Waals surface area contributed by atoms with Crippen LogP contribution in [0.25, 0.3) is 0 Å². The molecular formula is C46H72N4O20S4. The molecule has 2 rings (SSSR count). The number of methoxy groups -OCH3 is 4. The molecule has 74 heavy (non-hydrogen) atoms. The number of nitrogens with one attached hydrogen (secondary N) is 4. The molecule has 0 aliphatic carbocycles. The van der Waals surface area contributed by atoms with Crippen molar-refractivity contribution in [1.82, 2.24) is 21.3 Å². The Morgan fingerprint density at radius 1 is 0.419 bits per heavy atom. The molecule has 0 bridgehead atoms. The summed E-state index contributed by atoms with van der Waals surface area (Å²) >= 11 is 3.97. The lowest BCUT2D eigenvalue weighted by Crippen LogP contribution is -2.46. The molecule has 0 aromatic rings. The van der Waals surface area contributed by atoms with Gasteiger partial charge in [0.05, 0.1) is 53.1 Å². The van der Waals surface area contributed by atoms with Crippen molar-refractivity contribution in [3.8, 4) is 0 Å². The van der Waals surface area contributed by atoms with E-state index < -0.39 is 139 Å². The minimum absolute atomic E-state index is 0.00489. The van der Waals surface area contributed by atoms with Crippen molar-refractivity contribution in [3.63, 3.8) is 0 Å². The fourth-order valence-corrected chi connectivity index (χ4v) is 11.6. The Balaban J connectivity index is 0.000000740. The molecule has 28 heteroatoms. The number of thioether (sulfide) groups is 4. The molecule has 0 spiro atoms. The van der Waals surface area contributed by atoms with E-state index in [2.05, 4.69) is 21.3 Å². The van der Waals surface area contributed by atoms with E-state index in [0.717, 1.165) is 61.3 Å². The number of hydrogen-bond donors (Lipinski definition) is 4. The van der Waals surface area contributed by atoms with E-state index in [9.17, 15) is 57.5 Å². The van der Waals surface area contributed by atoms with Crippen LogP contribution in [0.2, 0.25) is 0 Å². The zero-order chi connectivity index (χ0) is 57.1. The zero-order valence-electron chi connectivity index (χ0n) is 44.7. The number of carbonyl (C=O) groups excluding carboxylic acids is 12. The van der Waals surface area contributed by atoms with Gasteiger partial charge >= 0.3 is 48.0 Å². The number of hydrogen-bond acceptors (Lipinski definition) is 24. The Bertz CT molecular complexity index is 1770. The summed E-state index contributed by atoms with van der Waals surface area (Å²) in [5.41, 5.74) is -3.08. The van der Waals surface area contributed by atoms with Crippen molar-refractivity contribution in [1.29, 1.82) is 0 Å². The zero-order valence-corrected chi connectivity index (χ0v) is 47.9. The molecule has 2 heterocycles. The van der Waals surface area contributed by atoms with Crippen molar-refractivity contribution in [2.45, 2.75) is 151 Å². The lowest BCUT2D eigenvalue weighted by molar-refractivity contribution is -0.160. The molecule has 4 N–H and O–H groups in total. The van der Waals surface area contributed by atoms with Gasteiger partial charge in [0.2, 0.25) is 23.6 Å². The molecule has 0 aromatic carbocycles. The largest absolute Gasteiger partial charge is 0.469 e. The number of esters is 6. The van der Waals surface area contributed by atoms with Crippen LogP contribution in [0.15, 0.2) is 0 Å². The van der Waals surface area contributed by atoms with Crippen LogP contribution in [0.5, 0.6) is 0 Å². The highest BCUT2D eigenvalue weighted by Crippen LogP contribution is 2.34. The highest BCUT2D eigenvalue weighted by Gasteiger charge is 2.46. The standard InChI is InChI=1S/2C23H36N2O10S2/c2*1-22(2,3)34-14(26)9-12(19(29)32-7)10-36-15-16(18(28)25-17(15)27)37-11-13(20(30)33-8)24-21(31)35-23(4,5)6/h2*12-13,15-16H,9-11H2,1-8H3,(H,24,31)(H,25,27,28)/t12-,13-,15-,16+;12-,13-,15-,16-/m00/s1. The van der Waals surface area contributed by atoms with E-state index in [1.54, 1.807) is 83.1 Å². The molecule has 6 amide bonds. The van der Waals surface area contributed by atoms with Crippen LogP contribution in [0, 0.1) is 11.8 Å². The second kappa shape index (κ2) is 30.0. The summed E-state index contributed by atoms with van der Waals surface area (Å²) in [4.78, 5) is 148. The Hall–Kier alpha value is -4.96. The van der Waals surface area contributed by atoms with Gasteiger partial charge in [0.15, 0.2) is 0 Å². The highest BCUT2D eigenvalue weighted by atomic mass is 32.2. The maximum atomic E-state index is 12.5. The van der Waals surface area contributed by atoms with Crippen molar-refractivity contribution >= 4 is 119 Å². The smallest absolute Gasteiger partial charge is 0.408 e. The normalized spacial score (nSPS) is 19.4. The molecule has 2 fully saturated rings. The van der Waals surface area contributed by atoms with Crippen molar-refractivity contribution < 1.29 is 95.4 Å². The van der Waals surface area contributed by atoms with Gasteiger partial charge in [-0.1, -0.05) is 0 Å². The van der Waals surface area contributed by atoms with E-state index in [4.69, 9.17) is 37.9 Å². The number of amides is 6. The van der Waals surface area contributed by atoms with E-state index in [0.29, 0.717) is 0 Å². The summed E-state index contributed by atoms with van der Waals surface area (Å²) in [6.07, 6.45) is -2.21. The van der Waals surface area contributed by atoms with Gasteiger partial charge in [0, 0.05) is 23.0 Å². The van der Waals surface area contributed by atoms with Gasteiger partial charge in [-0.15, -0.1) is 47.0 Å². The number of imide groups is 2. The maximum absolute atomic E-state index is 12.5. The predicted molar refractivity (Wildman–Crippen MR) is 274 cm³/mol. The highest BCUT2D eigenvalue weighted by molar-refractivity contribution is 8.05. The van der Waals surface area contributed by atoms with E-state index in [1.165, 1.54) is 14.2 Å². The third-order valence-electron chi connectivity index (χ3n) is 9.00. The Kier molecular flexibility index (Phi) is 27.1. The molecule has 2 saturated heterocycles. The summed E-state index contributed by atoms with van der Waals surface area (Å²) in [6, 6.07) is -2.29. The Morgan fingerprint density at radius 2 is 0.662 bits per heavy atom. The third-order valence-corrected chi connectivity index (χ3v) is 15.0. The number of ether oxygens (including phenoxy) is 8. The van der Waals surface area contributed by atoms with Crippen LogP contribution in [0.4, 0.5) is 9.59 Å². The van der Waals surface area contributed by atoms with Crippen LogP contribution in [-0.2, 0) is 85.8 Å². The molecular weight excluding hydrogens is 1060 g/mol. The van der Waals surface area contributed by atoms with Gasteiger partial charge < -0.3 is 48.5 Å². The molecule has 0 unspecified atom stereocenters. The molecule has 8 atom stereocenters. The van der Waals surface area contributed by atoms with Gasteiger partial charge in [-0.3, -0.25) is 49.0 Å². The summed E-state index contributed by atoms with van der Waals surface area (Å²) < 4.78 is 39.9. The van der Waals surface area contributed by atoms with Crippen molar-refractivity contribution in [2.75, 3.05) is 51.5 Å². The predicted octanol–water partition coefficient (Wildman–Crippen LogP) is 2.87. The van der Waals surface area contributed by atoms with Crippen LogP contribution >= 0.6 is 47.0 Å². The molecule has 24 nitrogen and oxygen atoms in total. The summed E-state index contributed by atoms with van der Waals surface area (Å²) in [7, 11) is 4.67. The average Bonchev–Trinajstić information content (AvgIpc) is 3.69. The first-order valence-corrected chi connectivity index (χ1v) is 27.0. The van der Waals surface area contributed by atoms with Gasteiger partial charge in [0.25, 0.3) is 0 Å². The summed E-state index contributed by atoms with van der Waals surface area (Å²) in [5, 5.41) is 5.62. The van der Waals surface area contributed by atoms with Gasteiger partial charge in [-0.05, 0) is 83.1 Å². The fourth-order valence-electron chi connectivity index (χ4n) is 6.01. The van der Waals surface area contributed by atoms with E-state index >= 15 is 0 Å². The molecule has 0 aromatic heterocycles. The first kappa shape index (κ1) is 67.1. The SMILES string of the molecule is COC(=O)[C@H](CS[C@@H]1C(=O)NC(=O)[C@@H]1SC[C@H](NC(=O)OC(C)(C)C)C(=O)OC)CC(=O)OC(C)(C)C.COC(=O)[C@H](CS[C@@H]1C(=O)NC(=O)[C@H]1SC[C@H](NC(=O)OC(C)(C)C)C(=O)OC)CC(=O)OC(C)(C)C. The third kappa shape index (κ3) is 25.5. The van der Waals surface area contributed by atoms with Gasteiger partial charge in [-0.2, -0.15) is 0 Å². The van der Waals surface area contributed by atoms with Gasteiger partial charge in [-0.25, -0.2) is 19.2 Å². The number of carbonyl (C=O) groups is 12. The summed E-state index contributed by atoms with van der Waals surface area (Å²) in [5.74, 6) is -8.28. The molecule has 420 valence electrons. The summed E-state index contributed by atoms with van der Waals surface area (Å²) in [6.45, 7) is 20.2. The average molecular weight is 1130 g/mol. The van der Waals surface area contributed by atoms with Crippen molar-refractivity contribution in [3.05, 3.63) is 0 Å². The maximum Gasteiger partial charge on any atom is 0.408 e. The Labute approximate surface area is 448 Å². The number of rotatable bonds is 22. The van der Waals surface area contributed by atoms with Crippen LogP contribution in [0.3, 0.4) is 0 Å². The van der Waals surface area contributed by atoms with Crippen LogP contribution < -0.4 is 21.3 Å². The van der Waals surface area contributed by atoms with Crippen LogP contribution in [0.1, 0.15) is 95.9 Å². The van der Waals surface area contributed by atoms with E-state index in [1.807, 2.05) is 0 Å². The second-order valence-corrected chi connectivity index (χ2v) is 24.9. The van der Waals surface area contributed by atoms with E-state index in [-0.39, 0.29) is 35.9 Å². The first-order valence-electron chi connectivity index (χ1n) is 22.8. The lowest BCUT2D eigenvalue weighted by Gasteiger charge is -2.24. The fraction of sp³-hybridized carbons (Fsp3) is 0.739. The first-order chi connectivity index (χ1) is 33.9. The quantitative estimate of drug-likeness (QED) is 0.0688. The molecule has 2 aliphatic rings. The van der Waals surface area contributed by atoms with Crippen molar-refractivity contribution in [2.24, 2.45) is 11.8 Å². The monoisotopic (exact) mass is 1130 g/mol. The molecule has 0 radical (unpaired) electrons. The van der Waals surface area contributed by atoms with Gasteiger partial charge in [0.1, 0.15) is 55.5 Å². The van der Waals surface area contributed by atoms with Crippen LogP contribution in [-0.4, -0.2) is 179 Å². The topological polar surface area (TPSA) is 327 Å². The molecule has 0 saturated carbocycles.